The lowest BCUT2D eigenvalue weighted by Crippen LogP contribution is -1.88. The van der Waals surface area contributed by atoms with Crippen LogP contribution in [0.3, 0.4) is 0 Å². The second kappa shape index (κ2) is 3.35. The summed E-state index contributed by atoms with van der Waals surface area (Å²) in [5.74, 6) is 0.639. The number of hydrogen-bond acceptors (Lipinski definition) is 3. The Bertz CT molecular complexity index is 514. The fourth-order valence-electron chi connectivity index (χ4n) is 1.38. The minimum absolute atomic E-state index is 0.586. The maximum absolute atomic E-state index is 8.79. The van der Waals surface area contributed by atoms with Crippen molar-refractivity contribution in [2.24, 2.45) is 0 Å². The number of methoxy groups -OCH3 is 1. The zero-order chi connectivity index (χ0) is 9.97. The molecule has 0 unspecified atom stereocenters. The smallest absolute Gasteiger partial charge is 0.146 e. The van der Waals surface area contributed by atoms with Crippen molar-refractivity contribution in [3.8, 4) is 11.8 Å². The number of pyridine rings is 1. The number of hydrogen-bond donors (Lipinski definition) is 0. The lowest BCUT2D eigenvalue weighted by molar-refractivity contribution is 0.419. The van der Waals surface area contributed by atoms with Crippen LogP contribution in [0.25, 0.3) is 10.9 Å². The van der Waals surface area contributed by atoms with Crippen molar-refractivity contribution in [2.75, 3.05) is 7.11 Å². The second-order valence-electron chi connectivity index (χ2n) is 2.87. The average Bonchev–Trinajstić information content (AvgIpc) is 2.27. The molecule has 0 amide bonds. The number of aromatic nitrogens is 1. The summed E-state index contributed by atoms with van der Waals surface area (Å²) in [6, 6.07) is 9.32. The van der Waals surface area contributed by atoms with E-state index >= 15 is 0 Å². The molecule has 0 spiro atoms. The van der Waals surface area contributed by atoms with E-state index in [1.54, 1.807) is 25.4 Å². The molecule has 14 heavy (non-hydrogen) atoms. The molecule has 0 saturated heterocycles. The Morgan fingerprint density at radius 3 is 3.00 bits per heavy atom. The van der Waals surface area contributed by atoms with Crippen molar-refractivity contribution in [3.05, 3.63) is 36.0 Å². The quantitative estimate of drug-likeness (QED) is 0.681. The van der Waals surface area contributed by atoms with Crippen LogP contribution in [-0.4, -0.2) is 12.1 Å². The van der Waals surface area contributed by atoms with E-state index in [1.807, 2.05) is 12.1 Å². The maximum Gasteiger partial charge on any atom is 0.146 e. The predicted octanol–water partition coefficient (Wildman–Crippen LogP) is 2.12. The van der Waals surface area contributed by atoms with Gasteiger partial charge in [0.2, 0.25) is 0 Å². The normalized spacial score (nSPS) is 9.71. The van der Waals surface area contributed by atoms with Gasteiger partial charge in [-0.2, -0.15) is 5.26 Å². The van der Waals surface area contributed by atoms with Gasteiger partial charge in [-0.15, -0.1) is 0 Å². The molecular formula is C11H8N2O. The molecule has 0 atom stereocenters. The van der Waals surface area contributed by atoms with E-state index in [9.17, 15) is 0 Å². The van der Waals surface area contributed by atoms with E-state index in [-0.39, 0.29) is 0 Å². The van der Waals surface area contributed by atoms with Crippen molar-refractivity contribution in [1.29, 1.82) is 5.26 Å². The lowest BCUT2D eigenvalue weighted by atomic mass is 10.1. The highest BCUT2D eigenvalue weighted by molar-refractivity contribution is 5.85. The summed E-state index contributed by atoms with van der Waals surface area (Å²) in [5, 5.41) is 9.71. The largest absolute Gasteiger partial charge is 0.494 e. The SMILES string of the molecule is COc1cc(C#N)cc2cccnc12. The van der Waals surface area contributed by atoms with Gasteiger partial charge >= 0.3 is 0 Å². The molecule has 0 saturated carbocycles. The van der Waals surface area contributed by atoms with Gasteiger partial charge in [-0.3, -0.25) is 4.98 Å². The second-order valence-corrected chi connectivity index (χ2v) is 2.87. The number of nitriles is 1. The summed E-state index contributed by atoms with van der Waals surface area (Å²) in [7, 11) is 1.57. The van der Waals surface area contributed by atoms with E-state index in [4.69, 9.17) is 10.00 Å². The number of fused-ring (bicyclic) bond motifs is 1. The first-order valence-corrected chi connectivity index (χ1v) is 4.18. The summed E-state index contributed by atoms with van der Waals surface area (Å²) in [6.45, 7) is 0. The fourth-order valence-corrected chi connectivity index (χ4v) is 1.38. The van der Waals surface area contributed by atoms with Gasteiger partial charge in [-0.25, -0.2) is 0 Å². The molecule has 1 heterocycles. The van der Waals surface area contributed by atoms with Crippen molar-refractivity contribution in [3.63, 3.8) is 0 Å². The van der Waals surface area contributed by atoms with E-state index in [2.05, 4.69) is 11.1 Å². The molecule has 0 aliphatic carbocycles. The van der Waals surface area contributed by atoms with Crippen LogP contribution >= 0.6 is 0 Å². The molecule has 1 aromatic heterocycles. The third-order valence-electron chi connectivity index (χ3n) is 2.02. The molecule has 1 aromatic carbocycles. The minimum Gasteiger partial charge on any atom is -0.494 e. The van der Waals surface area contributed by atoms with Crippen LogP contribution < -0.4 is 4.74 Å². The van der Waals surface area contributed by atoms with Crippen molar-refractivity contribution < 1.29 is 4.74 Å². The number of benzene rings is 1. The maximum atomic E-state index is 8.79. The fraction of sp³-hybridized carbons (Fsp3) is 0.0909. The van der Waals surface area contributed by atoms with Crippen LogP contribution in [0, 0.1) is 11.3 Å². The summed E-state index contributed by atoms with van der Waals surface area (Å²) >= 11 is 0. The topological polar surface area (TPSA) is 45.9 Å². The van der Waals surface area contributed by atoms with E-state index < -0.39 is 0 Å². The van der Waals surface area contributed by atoms with Crippen molar-refractivity contribution in [2.45, 2.75) is 0 Å². The van der Waals surface area contributed by atoms with E-state index in [0.717, 1.165) is 10.9 Å². The van der Waals surface area contributed by atoms with Crippen molar-refractivity contribution >= 4 is 10.9 Å². The van der Waals surface area contributed by atoms with Gasteiger partial charge < -0.3 is 4.74 Å². The third kappa shape index (κ3) is 1.27. The Hall–Kier alpha value is -2.08. The highest BCUT2D eigenvalue weighted by atomic mass is 16.5. The van der Waals surface area contributed by atoms with Gasteiger partial charge in [0.1, 0.15) is 11.3 Å². The molecule has 68 valence electrons. The molecule has 0 aliphatic rings. The van der Waals surface area contributed by atoms with Gasteiger partial charge in [-0.05, 0) is 12.1 Å². The Morgan fingerprint density at radius 1 is 1.43 bits per heavy atom. The molecule has 3 heteroatoms. The summed E-state index contributed by atoms with van der Waals surface area (Å²) in [5.41, 5.74) is 1.37. The van der Waals surface area contributed by atoms with Gasteiger partial charge in [0, 0.05) is 17.6 Å². The Labute approximate surface area is 81.6 Å². The van der Waals surface area contributed by atoms with Gasteiger partial charge in [0.05, 0.1) is 18.7 Å². The highest BCUT2D eigenvalue weighted by Crippen LogP contribution is 2.24. The summed E-state index contributed by atoms with van der Waals surface area (Å²) < 4.78 is 5.16. The first-order valence-electron chi connectivity index (χ1n) is 4.18. The number of ether oxygens (including phenoxy) is 1. The molecule has 0 N–H and O–H groups in total. The molecule has 0 fully saturated rings. The Balaban J connectivity index is 2.81. The first-order chi connectivity index (χ1) is 6.85. The number of nitrogens with zero attached hydrogens (tertiary/aromatic N) is 2. The standard InChI is InChI=1S/C11H8N2O/c1-14-10-6-8(7-12)5-9-3-2-4-13-11(9)10/h2-6H,1H3. The average molecular weight is 184 g/mol. The molecule has 2 aromatic rings. The lowest BCUT2D eigenvalue weighted by Gasteiger charge is -2.04. The monoisotopic (exact) mass is 184 g/mol. The first kappa shape index (κ1) is 8.52. The van der Waals surface area contributed by atoms with Crippen LogP contribution in [0.1, 0.15) is 5.56 Å². The van der Waals surface area contributed by atoms with Crippen LogP contribution in [0.4, 0.5) is 0 Å². The number of rotatable bonds is 1. The van der Waals surface area contributed by atoms with Gasteiger partial charge in [-0.1, -0.05) is 6.07 Å². The van der Waals surface area contributed by atoms with Crippen LogP contribution in [0.15, 0.2) is 30.5 Å². The van der Waals surface area contributed by atoms with Gasteiger partial charge in [0.15, 0.2) is 0 Å². The van der Waals surface area contributed by atoms with Crippen molar-refractivity contribution in [1.82, 2.24) is 4.98 Å². The van der Waals surface area contributed by atoms with E-state index in [0.29, 0.717) is 11.3 Å². The predicted molar refractivity (Wildman–Crippen MR) is 53.0 cm³/mol. The third-order valence-corrected chi connectivity index (χ3v) is 2.02. The highest BCUT2D eigenvalue weighted by Gasteiger charge is 2.04. The van der Waals surface area contributed by atoms with E-state index in [1.165, 1.54) is 0 Å². The zero-order valence-corrected chi connectivity index (χ0v) is 7.69. The molecule has 0 radical (unpaired) electrons. The van der Waals surface area contributed by atoms with Crippen LogP contribution in [0.5, 0.6) is 5.75 Å². The zero-order valence-electron chi connectivity index (χ0n) is 7.69. The minimum atomic E-state index is 0.586. The summed E-state index contributed by atoms with van der Waals surface area (Å²) in [6.07, 6.45) is 1.71. The summed E-state index contributed by atoms with van der Waals surface area (Å²) in [4.78, 5) is 4.19. The molecule has 3 nitrogen and oxygen atoms in total. The molecule has 0 aliphatic heterocycles. The molecule has 2 rings (SSSR count). The molecule has 0 bridgehead atoms. The van der Waals surface area contributed by atoms with Gasteiger partial charge in [0.25, 0.3) is 0 Å². The Kier molecular flexibility index (Phi) is 2.04. The van der Waals surface area contributed by atoms with Crippen LogP contribution in [0.2, 0.25) is 0 Å². The van der Waals surface area contributed by atoms with Crippen LogP contribution in [-0.2, 0) is 0 Å². The molecular weight excluding hydrogens is 176 g/mol. The Morgan fingerprint density at radius 2 is 2.29 bits per heavy atom.